The highest BCUT2D eigenvalue weighted by molar-refractivity contribution is 5.83. The SMILES string of the molecule is COC1C=c2[nH]c3c(C)nccc3c2=CC1OC. The molecule has 0 aromatic carbocycles. The zero-order valence-corrected chi connectivity index (χ0v) is 10.7. The van der Waals surface area contributed by atoms with Crippen LogP contribution in [0.2, 0.25) is 0 Å². The number of H-pyrrole nitrogens is 1. The number of aromatic nitrogens is 2. The molecule has 4 nitrogen and oxygen atoms in total. The normalized spacial score (nSPS) is 22.4. The van der Waals surface area contributed by atoms with E-state index in [1.54, 1.807) is 14.2 Å². The first-order chi connectivity index (χ1) is 8.74. The van der Waals surface area contributed by atoms with Crippen molar-refractivity contribution in [1.29, 1.82) is 0 Å². The Morgan fingerprint density at radius 3 is 2.61 bits per heavy atom. The Kier molecular flexibility index (Phi) is 2.69. The van der Waals surface area contributed by atoms with E-state index in [1.165, 1.54) is 10.6 Å². The van der Waals surface area contributed by atoms with E-state index < -0.39 is 0 Å². The van der Waals surface area contributed by atoms with Gasteiger partial charge in [-0.05, 0) is 25.1 Å². The van der Waals surface area contributed by atoms with Gasteiger partial charge in [0, 0.05) is 36.4 Å². The predicted molar refractivity (Wildman–Crippen MR) is 70.6 cm³/mol. The molecule has 2 aromatic rings. The van der Waals surface area contributed by atoms with E-state index in [1.807, 2.05) is 19.2 Å². The lowest BCUT2D eigenvalue weighted by atomic mass is 10.1. The molecule has 3 rings (SSSR count). The van der Waals surface area contributed by atoms with Gasteiger partial charge in [0.1, 0.15) is 12.2 Å². The van der Waals surface area contributed by atoms with Gasteiger partial charge in [-0.25, -0.2) is 0 Å². The lowest BCUT2D eigenvalue weighted by molar-refractivity contribution is 0.0304. The third kappa shape index (κ3) is 1.57. The summed E-state index contributed by atoms with van der Waals surface area (Å²) in [6.45, 7) is 2.01. The minimum atomic E-state index is -0.0520. The summed E-state index contributed by atoms with van der Waals surface area (Å²) in [6.07, 6.45) is 5.92. The fourth-order valence-corrected chi connectivity index (χ4v) is 2.53. The molecule has 0 bridgehead atoms. The van der Waals surface area contributed by atoms with Gasteiger partial charge in [-0.1, -0.05) is 0 Å². The van der Waals surface area contributed by atoms with Crippen LogP contribution in [-0.4, -0.2) is 36.4 Å². The largest absolute Gasteiger partial charge is 0.374 e. The van der Waals surface area contributed by atoms with Crippen LogP contribution in [0.5, 0.6) is 0 Å². The van der Waals surface area contributed by atoms with Crippen molar-refractivity contribution in [1.82, 2.24) is 9.97 Å². The second-order valence-electron chi connectivity index (χ2n) is 4.51. The highest BCUT2D eigenvalue weighted by Gasteiger charge is 2.20. The maximum absolute atomic E-state index is 5.46. The molecule has 94 valence electrons. The summed E-state index contributed by atoms with van der Waals surface area (Å²) in [6, 6.07) is 2.03. The Balaban J connectivity index is 2.35. The maximum atomic E-state index is 5.46. The second kappa shape index (κ2) is 4.23. The molecule has 0 aliphatic heterocycles. The van der Waals surface area contributed by atoms with Crippen LogP contribution in [0.3, 0.4) is 0 Å². The van der Waals surface area contributed by atoms with Crippen LogP contribution in [0.4, 0.5) is 0 Å². The Hall–Kier alpha value is -1.65. The van der Waals surface area contributed by atoms with Crippen LogP contribution in [0.15, 0.2) is 12.3 Å². The van der Waals surface area contributed by atoms with E-state index in [0.29, 0.717) is 0 Å². The van der Waals surface area contributed by atoms with E-state index in [9.17, 15) is 0 Å². The van der Waals surface area contributed by atoms with E-state index in [4.69, 9.17) is 9.47 Å². The molecule has 0 radical (unpaired) electrons. The minimum Gasteiger partial charge on any atom is -0.374 e. The number of aryl methyl sites for hydroxylation is 1. The van der Waals surface area contributed by atoms with Gasteiger partial charge in [0.15, 0.2) is 0 Å². The van der Waals surface area contributed by atoms with Crippen molar-refractivity contribution >= 4 is 23.1 Å². The molecule has 4 heteroatoms. The summed E-state index contributed by atoms with van der Waals surface area (Å²) in [5.41, 5.74) is 2.09. The summed E-state index contributed by atoms with van der Waals surface area (Å²) >= 11 is 0. The average Bonchev–Trinajstić information content (AvgIpc) is 2.76. The van der Waals surface area contributed by atoms with Gasteiger partial charge in [-0.15, -0.1) is 0 Å². The van der Waals surface area contributed by atoms with Crippen LogP contribution in [0.25, 0.3) is 23.1 Å². The molecule has 0 saturated carbocycles. The smallest absolute Gasteiger partial charge is 0.107 e. The molecule has 1 aliphatic carbocycles. The minimum absolute atomic E-state index is 0.0463. The van der Waals surface area contributed by atoms with Gasteiger partial charge in [-0.3, -0.25) is 4.98 Å². The molecule has 2 heterocycles. The molecular weight excluding hydrogens is 228 g/mol. The third-order valence-corrected chi connectivity index (χ3v) is 3.51. The van der Waals surface area contributed by atoms with Gasteiger partial charge in [0.05, 0.1) is 11.2 Å². The van der Waals surface area contributed by atoms with Crippen molar-refractivity contribution in [3.63, 3.8) is 0 Å². The molecular formula is C14H16N2O2. The van der Waals surface area contributed by atoms with E-state index in [-0.39, 0.29) is 12.2 Å². The van der Waals surface area contributed by atoms with Crippen molar-refractivity contribution < 1.29 is 9.47 Å². The molecule has 1 aliphatic rings. The number of nitrogens with one attached hydrogen (secondary N) is 1. The van der Waals surface area contributed by atoms with Crippen LogP contribution in [-0.2, 0) is 9.47 Å². The molecule has 18 heavy (non-hydrogen) atoms. The van der Waals surface area contributed by atoms with Crippen molar-refractivity contribution in [3.8, 4) is 0 Å². The van der Waals surface area contributed by atoms with E-state index in [2.05, 4.69) is 22.1 Å². The molecule has 2 unspecified atom stereocenters. The van der Waals surface area contributed by atoms with E-state index >= 15 is 0 Å². The van der Waals surface area contributed by atoms with Crippen LogP contribution in [0, 0.1) is 6.92 Å². The lowest BCUT2D eigenvalue weighted by Gasteiger charge is -2.20. The highest BCUT2D eigenvalue weighted by atomic mass is 16.5. The summed E-state index contributed by atoms with van der Waals surface area (Å²) in [5, 5.41) is 3.45. The lowest BCUT2D eigenvalue weighted by Crippen LogP contribution is -2.39. The number of aromatic amines is 1. The molecule has 0 saturated heterocycles. The van der Waals surface area contributed by atoms with E-state index in [0.717, 1.165) is 16.6 Å². The zero-order chi connectivity index (χ0) is 12.7. The number of rotatable bonds is 2. The average molecular weight is 244 g/mol. The Morgan fingerprint density at radius 2 is 1.89 bits per heavy atom. The maximum Gasteiger partial charge on any atom is 0.107 e. The van der Waals surface area contributed by atoms with Crippen molar-refractivity contribution in [3.05, 3.63) is 28.5 Å². The van der Waals surface area contributed by atoms with Gasteiger partial charge in [-0.2, -0.15) is 0 Å². The number of pyridine rings is 1. The van der Waals surface area contributed by atoms with Gasteiger partial charge >= 0.3 is 0 Å². The first kappa shape index (κ1) is 11.4. The van der Waals surface area contributed by atoms with Gasteiger partial charge in [0.25, 0.3) is 0 Å². The van der Waals surface area contributed by atoms with Crippen LogP contribution >= 0.6 is 0 Å². The predicted octanol–water partition coefficient (Wildman–Crippen LogP) is 0.476. The summed E-state index contributed by atoms with van der Waals surface area (Å²) < 4.78 is 10.9. The highest BCUT2D eigenvalue weighted by Crippen LogP contribution is 2.13. The fraction of sp³-hybridized carbons (Fsp3) is 0.357. The number of fused-ring (bicyclic) bond motifs is 3. The molecule has 2 aromatic heterocycles. The second-order valence-corrected chi connectivity index (χ2v) is 4.51. The Labute approximate surface area is 105 Å². The molecule has 0 amide bonds. The van der Waals surface area contributed by atoms with Crippen LogP contribution in [0.1, 0.15) is 5.69 Å². The van der Waals surface area contributed by atoms with Crippen LogP contribution < -0.4 is 10.6 Å². The van der Waals surface area contributed by atoms with Gasteiger partial charge in [0.2, 0.25) is 0 Å². The summed E-state index contributed by atoms with van der Waals surface area (Å²) in [4.78, 5) is 7.72. The standard InChI is InChI=1S/C14H16N2O2/c1-8-14-9(4-5-15-8)10-6-12(17-2)13(18-3)7-11(10)16-14/h4-7,12-13,16H,1-3H3. The van der Waals surface area contributed by atoms with Gasteiger partial charge < -0.3 is 14.5 Å². The first-order valence-electron chi connectivity index (χ1n) is 5.97. The Bertz CT molecular complexity index is 702. The van der Waals surface area contributed by atoms with Crippen molar-refractivity contribution in [2.24, 2.45) is 0 Å². The quantitative estimate of drug-likeness (QED) is 0.835. The molecule has 2 atom stereocenters. The zero-order valence-electron chi connectivity index (χ0n) is 10.7. The monoisotopic (exact) mass is 244 g/mol. The summed E-state index contributed by atoms with van der Waals surface area (Å²) in [5.74, 6) is 0. The summed E-state index contributed by atoms with van der Waals surface area (Å²) in [7, 11) is 3.40. The number of nitrogens with zero attached hydrogens (tertiary/aromatic N) is 1. The number of hydrogen-bond donors (Lipinski definition) is 1. The first-order valence-corrected chi connectivity index (χ1v) is 5.97. The topological polar surface area (TPSA) is 47.1 Å². The van der Waals surface area contributed by atoms with Crippen molar-refractivity contribution in [2.75, 3.05) is 14.2 Å². The third-order valence-electron chi connectivity index (χ3n) is 3.51. The molecule has 1 N–H and O–H groups in total. The fourth-order valence-electron chi connectivity index (χ4n) is 2.53. The molecule has 0 spiro atoms. The number of hydrogen-bond acceptors (Lipinski definition) is 3. The Morgan fingerprint density at radius 1 is 1.17 bits per heavy atom. The molecule has 0 fully saturated rings. The number of methoxy groups -OCH3 is 2. The van der Waals surface area contributed by atoms with Crippen molar-refractivity contribution in [2.45, 2.75) is 19.1 Å². The number of ether oxygens (including phenoxy) is 2.